The van der Waals surface area contributed by atoms with Crippen molar-refractivity contribution < 1.29 is 4.79 Å². The summed E-state index contributed by atoms with van der Waals surface area (Å²) in [6, 6.07) is 7.93. The number of hydrogen-bond donors (Lipinski definition) is 1. The molecule has 3 rings (SSSR count). The Hall–Kier alpha value is -2.96. The summed E-state index contributed by atoms with van der Waals surface area (Å²) in [6.45, 7) is 2.85. The molecule has 1 atom stereocenters. The Bertz CT molecular complexity index is 751. The summed E-state index contributed by atoms with van der Waals surface area (Å²) in [5.41, 5.74) is 2.04. The highest BCUT2D eigenvalue weighted by Gasteiger charge is 2.14. The highest BCUT2D eigenvalue weighted by molar-refractivity contribution is 5.78. The van der Waals surface area contributed by atoms with Crippen molar-refractivity contribution in [1.82, 2.24) is 29.6 Å². The minimum Gasteiger partial charge on any atom is -0.352 e. The smallest absolute Gasteiger partial charge is 0.224 e. The van der Waals surface area contributed by atoms with Crippen molar-refractivity contribution in [2.75, 3.05) is 0 Å². The van der Waals surface area contributed by atoms with Gasteiger partial charge in [-0.3, -0.25) is 9.48 Å². The number of imidazole rings is 1. The predicted molar refractivity (Wildman–Crippen MR) is 84.6 cm³/mol. The topological polar surface area (TPSA) is 77.6 Å². The molecule has 0 spiro atoms. The number of hydrogen-bond acceptors (Lipinski definition) is 4. The van der Waals surface area contributed by atoms with Crippen LogP contribution in [0.3, 0.4) is 0 Å². The van der Waals surface area contributed by atoms with Crippen LogP contribution in [0, 0.1) is 5.92 Å². The molecule has 2 aromatic heterocycles. The fourth-order valence-electron chi connectivity index (χ4n) is 2.36. The van der Waals surface area contributed by atoms with E-state index in [1.54, 1.807) is 23.5 Å². The predicted octanol–water partition coefficient (Wildman–Crippen LogP) is 1.42. The van der Waals surface area contributed by atoms with Crippen LogP contribution in [0.15, 0.2) is 55.6 Å². The maximum atomic E-state index is 12.2. The van der Waals surface area contributed by atoms with E-state index in [4.69, 9.17) is 0 Å². The summed E-state index contributed by atoms with van der Waals surface area (Å²) in [5, 5.41) is 7.00. The molecule has 0 aliphatic carbocycles. The van der Waals surface area contributed by atoms with E-state index in [0.29, 0.717) is 13.1 Å². The normalized spacial score (nSPS) is 12.0. The van der Waals surface area contributed by atoms with E-state index in [9.17, 15) is 4.79 Å². The van der Waals surface area contributed by atoms with Crippen LogP contribution >= 0.6 is 0 Å². The highest BCUT2D eigenvalue weighted by atomic mass is 16.1. The summed E-state index contributed by atoms with van der Waals surface area (Å²) in [6.07, 6.45) is 8.43. The van der Waals surface area contributed by atoms with Gasteiger partial charge in [0.05, 0.1) is 24.5 Å². The van der Waals surface area contributed by atoms with Crippen LogP contribution in [0.25, 0.3) is 5.69 Å². The number of nitrogens with zero attached hydrogens (tertiary/aromatic N) is 5. The number of rotatable bonds is 6. The molecule has 1 unspecified atom stereocenters. The molecule has 7 heteroatoms. The zero-order valence-electron chi connectivity index (χ0n) is 12.8. The standard InChI is InChI=1S/C16H18N6O/c1-13(9-22-12-18-10-20-22)16(23)19-8-14-4-2-3-5-15(14)21-7-6-17-11-21/h2-7,10-13H,8-9H2,1H3,(H,19,23). The number of benzene rings is 1. The van der Waals surface area contributed by atoms with Crippen LogP contribution < -0.4 is 5.32 Å². The van der Waals surface area contributed by atoms with Crippen molar-refractivity contribution in [2.45, 2.75) is 20.0 Å². The first kappa shape index (κ1) is 15.0. The van der Waals surface area contributed by atoms with Crippen molar-refractivity contribution >= 4 is 5.91 Å². The lowest BCUT2D eigenvalue weighted by atomic mass is 10.1. The van der Waals surface area contributed by atoms with E-state index in [-0.39, 0.29) is 11.8 Å². The highest BCUT2D eigenvalue weighted by Crippen LogP contribution is 2.14. The van der Waals surface area contributed by atoms with Gasteiger partial charge < -0.3 is 9.88 Å². The summed E-state index contributed by atoms with van der Waals surface area (Å²) in [4.78, 5) is 20.2. The van der Waals surface area contributed by atoms with Crippen molar-refractivity contribution in [1.29, 1.82) is 0 Å². The van der Waals surface area contributed by atoms with E-state index in [2.05, 4.69) is 20.4 Å². The lowest BCUT2D eigenvalue weighted by Crippen LogP contribution is -2.31. The van der Waals surface area contributed by atoms with Crippen molar-refractivity contribution in [3.05, 3.63) is 61.2 Å². The first-order valence-corrected chi connectivity index (χ1v) is 7.40. The van der Waals surface area contributed by atoms with Crippen LogP contribution in [0.2, 0.25) is 0 Å². The van der Waals surface area contributed by atoms with Gasteiger partial charge in [-0.1, -0.05) is 25.1 Å². The van der Waals surface area contributed by atoms with Crippen molar-refractivity contribution in [2.24, 2.45) is 5.92 Å². The lowest BCUT2D eigenvalue weighted by molar-refractivity contribution is -0.125. The number of nitrogens with one attached hydrogen (secondary N) is 1. The molecule has 1 N–H and O–H groups in total. The van der Waals surface area contributed by atoms with Crippen molar-refractivity contribution in [3.63, 3.8) is 0 Å². The number of amides is 1. The molecule has 0 aliphatic heterocycles. The third-order valence-corrected chi connectivity index (χ3v) is 3.60. The molecule has 7 nitrogen and oxygen atoms in total. The molecule has 2 heterocycles. The average molecular weight is 310 g/mol. The van der Waals surface area contributed by atoms with Crippen LogP contribution in [0.4, 0.5) is 0 Å². The molecule has 0 fully saturated rings. The Morgan fingerprint density at radius 2 is 2.13 bits per heavy atom. The quantitative estimate of drug-likeness (QED) is 0.747. The monoisotopic (exact) mass is 310 g/mol. The van der Waals surface area contributed by atoms with Gasteiger partial charge in [0.2, 0.25) is 5.91 Å². The average Bonchev–Trinajstić information content (AvgIpc) is 3.26. The summed E-state index contributed by atoms with van der Waals surface area (Å²) < 4.78 is 3.59. The van der Waals surface area contributed by atoms with Gasteiger partial charge in [-0.05, 0) is 11.6 Å². The molecular weight excluding hydrogens is 292 g/mol. The summed E-state index contributed by atoms with van der Waals surface area (Å²) in [7, 11) is 0. The van der Waals surface area contributed by atoms with Crippen LogP contribution in [0.5, 0.6) is 0 Å². The van der Waals surface area contributed by atoms with Gasteiger partial charge in [0.15, 0.2) is 0 Å². The fraction of sp³-hybridized carbons (Fsp3) is 0.250. The van der Waals surface area contributed by atoms with E-state index < -0.39 is 0 Å². The third kappa shape index (κ3) is 3.63. The van der Waals surface area contributed by atoms with E-state index in [1.807, 2.05) is 42.0 Å². The Labute approximate surface area is 134 Å². The minimum absolute atomic E-state index is 0.0130. The van der Waals surface area contributed by atoms with E-state index in [1.165, 1.54) is 6.33 Å². The van der Waals surface area contributed by atoms with Crippen LogP contribution in [0.1, 0.15) is 12.5 Å². The summed E-state index contributed by atoms with van der Waals surface area (Å²) in [5.74, 6) is -0.196. The number of para-hydroxylation sites is 1. The third-order valence-electron chi connectivity index (χ3n) is 3.60. The fourth-order valence-corrected chi connectivity index (χ4v) is 2.36. The van der Waals surface area contributed by atoms with Gasteiger partial charge in [-0.2, -0.15) is 5.10 Å². The molecule has 0 radical (unpaired) electrons. The number of carbonyl (C=O) groups is 1. The molecule has 3 aromatic rings. The Kier molecular flexibility index (Phi) is 4.46. The van der Waals surface area contributed by atoms with Gasteiger partial charge in [-0.25, -0.2) is 9.97 Å². The lowest BCUT2D eigenvalue weighted by Gasteiger charge is -2.14. The van der Waals surface area contributed by atoms with Gasteiger partial charge in [-0.15, -0.1) is 0 Å². The Balaban J connectivity index is 1.63. The van der Waals surface area contributed by atoms with Gasteiger partial charge in [0, 0.05) is 18.9 Å². The summed E-state index contributed by atoms with van der Waals surface area (Å²) >= 11 is 0. The molecule has 0 saturated heterocycles. The molecule has 23 heavy (non-hydrogen) atoms. The number of carbonyl (C=O) groups excluding carboxylic acids is 1. The second-order valence-electron chi connectivity index (χ2n) is 5.34. The molecule has 0 aliphatic rings. The van der Waals surface area contributed by atoms with Gasteiger partial charge in [0.1, 0.15) is 12.7 Å². The second kappa shape index (κ2) is 6.87. The molecule has 1 amide bonds. The zero-order chi connectivity index (χ0) is 16.1. The minimum atomic E-state index is -0.183. The molecule has 0 bridgehead atoms. The molecule has 0 saturated carbocycles. The van der Waals surface area contributed by atoms with Crippen LogP contribution in [-0.2, 0) is 17.9 Å². The SMILES string of the molecule is CC(Cn1cncn1)C(=O)NCc1ccccc1-n1ccnc1. The van der Waals surface area contributed by atoms with E-state index >= 15 is 0 Å². The van der Waals surface area contributed by atoms with Gasteiger partial charge >= 0.3 is 0 Å². The molecular formula is C16H18N6O. The van der Waals surface area contributed by atoms with E-state index in [0.717, 1.165) is 11.3 Å². The second-order valence-corrected chi connectivity index (χ2v) is 5.34. The first-order chi connectivity index (χ1) is 11.2. The van der Waals surface area contributed by atoms with Crippen LogP contribution in [-0.4, -0.2) is 30.2 Å². The zero-order valence-corrected chi connectivity index (χ0v) is 12.8. The van der Waals surface area contributed by atoms with Crippen molar-refractivity contribution in [3.8, 4) is 5.69 Å². The van der Waals surface area contributed by atoms with Gasteiger partial charge in [0.25, 0.3) is 0 Å². The number of aromatic nitrogens is 5. The maximum Gasteiger partial charge on any atom is 0.224 e. The Morgan fingerprint density at radius 3 is 2.87 bits per heavy atom. The first-order valence-electron chi connectivity index (χ1n) is 7.40. The molecule has 1 aromatic carbocycles. The Morgan fingerprint density at radius 1 is 1.26 bits per heavy atom. The largest absolute Gasteiger partial charge is 0.352 e. The molecule has 118 valence electrons. The maximum absolute atomic E-state index is 12.2.